The van der Waals surface area contributed by atoms with Crippen molar-refractivity contribution in [2.75, 3.05) is 0 Å². The second-order valence-corrected chi connectivity index (χ2v) is 9.62. The fourth-order valence-electron chi connectivity index (χ4n) is 4.01. The molecular formula is C26H24Br2N4O. The fourth-order valence-corrected chi connectivity index (χ4v) is 4.84. The van der Waals surface area contributed by atoms with Gasteiger partial charge in [0.15, 0.2) is 0 Å². The molecule has 1 N–H and O–H groups in total. The Hall–Kier alpha value is -2.90. The van der Waals surface area contributed by atoms with Crippen molar-refractivity contribution in [3.05, 3.63) is 104 Å². The molecule has 0 aliphatic carbocycles. The number of hydrogen-bond acceptors (Lipinski definition) is 2. The van der Waals surface area contributed by atoms with E-state index in [2.05, 4.69) is 89.6 Å². The topological polar surface area (TPSA) is 51.3 Å². The van der Waals surface area contributed by atoms with Crippen molar-refractivity contribution < 1.29 is 4.79 Å². The van der Waals surface area contributed by atoms with Gasteiger partial charge >= 0.3 is 0 Å². The number of hydrogen-bond donors (Lipinski definition) is 1. The standard InChI is InChI=1S/C26H24Br2N4O/c1-16-5-6-17(2)31(16)22-11-7-20(8-12-22)26(33)30-29-15-24-18(3)32(19(4)25(24)28)23-13-9-21(27)10-14-23/h5-15H,1-4H3,(H,30,33)/b29-15-. The highest BCUT2D eigenvalue weighted by atomic mass is 79.9. The second kappa shape index (κ2) is 9.53. The maximum absolute atomic E-state index is 12.6. The Morgan fingerprint density at radius 3 is 1.94 bits per heavy atom. The highest BCUT2D eigenvalue weighted by Crippen LogP contribution is 2.30. The molecule has 0 bridgehead atoms. The molecule has 2 aromatic heterocycles. The van der Waals surface area contributed by atoms with E-state index in [1.807, 2.05) is 50.2 Å². The SMILES string of the molecule is Cc1ccc(C)n1-c1ccc(C(=O)N/N=C\c2c(Br)c(C)n(-c3ccc(Br)cc3)c2C)cc1. The van der Waals surface area contributed by atoms with Crippen molar-refractivity contribution in [2.24, 2.45) is 5.10 Å². The summed E-state index contributed by atoms with van der Waals surface area (Å²) in [6.07, 6.45) is 1.68. The van der Waals surface area contributed by atoms with Crippen molar-refractivity contribution in [1.29, 1.82) is 0 Å². The molecule has 0 radical (unpaired) electrons. The van der Waals surface area contributed by atoms with Gasteiger partial charge in [-0.2, -0.15) is 5.10 Å². The van der Waals surface area contributed by atoms with Crippen LogP contribution in [0, 0.1) is 27.7 Å². The molecule has 33 heavy (non-hydrogen) atoms. The molecule has 168 valence electrons. The maximum Gasteiger partial charge on any atom is 0.271 e. The second-order valence-electron chi connectivity index (χ2n) is 7.91. The third-order valence-electron chi connectivity index (χ3n) is 5.72. The monoisotopic (exact) mass is 566 g/mol. The normalized spacial score (nSPS) is 11.3. The number of hydrazone groups is 1. The Morgan fingerprint density at radius 1 is 0.788 bits per heavy atom. The highest BCUT2D eigenvalue weighted by molar-refractivity contribution is 9.10. The van der Waals surface area contributed by atoms with Crippen LogP contribution in [0.4, 0.5) is 0 Å². The number of aryl methyl sites for hydroxylation is 2. The molecule has 4 aromatic rings. The van der Waals surface area contributed by atoms with E-state index in [4.69, 9.17) is 0 Å². The summed E-state index contributed by atoms with van der Waals surface area (Å²) >= 11 is 7.16. The lowest BCUT2D eigenvalue weighted by molar-refractivity contribution is 0.0955. The lowest BCUT2D eigenvalue weighted by Crippen LogP contribution is -2.17. The lowest BCUT2D eigenvalue weighted by atomic mass is 10.2. The molecule has 5 nitrogen and oxygen atoms in total. The van der Waals surface area contributed by atoms with Crippen molar-refractivity contribution in [1.82, 2.24) is 14.6 Å². The minimum atomic E-state index is -0.253. The van der Waals surface area contributed by atoms with Crippen LogP contribution in [0.3, 0.4) is 0 Å². The van der Waals surface area contributed by atoms with Crippen LogP contribution in [0.5, 0.6) is 0 Å². The first-order valence-electron chi connectivity index (χ1n) is 10.5. The van der Waals surface area contributed by atoms with Gasteiger partial charge in [-0.3, -0.25) is 4.79 Å². The van der Waals surface area contributed by atoms with Gasteiger partial charge in [-0.25, -0.2) is 5.43 Å². The van der Waals surface area contributed by atoms with E-state index in [9.17, 15) is 4.79 Å². The Bertz CT molecular complexity index is 1330. The minimum Gasteiger partial charge on any atom is -0.319 e. The predicted octanol–water partition coefficient (Wildman–Crippen LogP) is 6.79. The van der Waals surface area contributed by atoms with Gasteiger partial charge in [0.05, 0.1) is 6.21 Å². The van der Waals surface area contributed by atoms with E-state index in [0.717, 1.165) is 48.7 Å². The van der Waals surface area contributed by atoms with Gasteiger partial charge in [0.25, 0.3) is 5.91 Å². The van der Waals surface area contributed by atoms with Gasteiger partial charge in [-0.05, 0) is 104 Å². The minimum absolute atomic E-state index is 0.253. The van der Waals surface area contributed by atoms with E-state index in [1.165, 1.54) is 0 Å². The molecule has 0 saturated carbocycles. The van der Waals surface area contributed by atoms with Crippen LogP contribution < -0.4 is 5.43 Å². The van der Waals surface area contributed by atoms with E-state index in [0.29, 0.717) is 5.56 Å². The van der Waals surface area contributed by atoms with Crippen molar-refractivity contribution in [3.8, 4) is 11.4 Å². The lowest BCUT2D eigenvalue weighted by Gasteiger charge is -2.10. The zero-order valence-corrected chi connectivity index (χ0v) is 22.0. The Morgan fingerprint density at radius 2 is 1.33 bits per heavy atom. The first-order valence-corrected chi connectivity index (χ1v) is 12.1. The first kappa shape index (κ1) is 23.3. The number of nitrogens with one attached hydrogen (secondary N) is 1. The number of carbonyl (C=O) groups is 1. The fraction of sp³-hybridized carbons (Fsp3) is 0.154. The molecule has 0 fully saturated rings. The van der Waals surface area contributed by atoms with Gasteiger partial charge in [0, 0.05) is 54.2 Å². The number of nitrogens with zero attached hydrogens (tertiary/aromatic N) is 3. The Labute approximate surface area is 210 Å². The van der Waals surface area contributed by atoms with Crippen molar-refractivity contribution in [3.63, 3.8) is 0 Å². The summed E-state index contributed by atoms with van der Waals surface area (Å²) in [7, 11) is 0. The van der Waals surface area contributed by atoms with Gasteiger partial charge in [-0.1, -0.05) is 15.9 Å². The average molecular weight is 568 g/mol. The molecule has 4 rings (SSSR count). The summed E-state index contributed by atoms with van der Waals surface area (Å²) in [6, 6.07) is 19.8. The van der Waals surface area contributed by atoms with Crippen LogP contribution in [0.25, 0.3) is 11.4 Å². The molecule has 2 aromatic carbocycles. The zero-order chi connectivity index (χ0) is 23.7. The van der Waals surface area contributed by atoms with E-state index in [-0.39, 0.29) is 5.91 Å². The molecule has 0 saturated heterocycles. The molecule has 0 unspecified atom stereocenters. The molecule has 0 atom stereocenters. The largest absolute Gasteiger partial charge is 0.319 e. The third kappa shape index (κ3) is 4.61. The molecule has 0 spiro atoms. The van der Waals surface area contributed by atoms with Crippen LogP contribution in [0.15, 0.2) is 74.7 Å². The molecule has 1 amide bonds. The van der Waals surface area contributed by atoms with Crippen molar-refractivity contribution in [2.45, 2.75) is 27.7 Å². The summed E-state index contributed by atoms with van der Waals surface area (Å²) in [5.41, 5.74) is 10.6. The number of benzene rings is 2. The van der Waals surface area contributed by atoms with Crippen LogP contribution in [-0.4, -0.2) is 21.3 Å². The van der Waals surface area contributed by atoms with Gasteiger partial charge in [-0.15, -0.1) is 0 Å². The van der Waals surface area contributed by atoms with E-state index >= 15 is 0 Å². The van der Waals surface area contributed by atoms with Crippen molar-refractivity contribution >= 4 is 44.0 Å². The highest BCUT2D eigenvalue weighted by Gasteiger charge is 2.16. The smallest absolute Gasteiger partial charge is 0.271 e. The Kier molecular flexibility index (Phi) is 6.72. The van der Waals surface area contributed by atoms with Crippen LogP contribution in [0.1, 0.15) is 38.7 Å². The molecular weight excluding hydrogens is 544 g/mol. The average Bonchev–Trinajstić information content (AvgIpc) is 3.24. The Balaban J connectivity index is 1.51. The van der Waals surface area contributed by atoms with Gasteiger partial charge in [0.1, 0.15) is 0 Å². The summed E-state index contributed by atoms with van der Waals surface area (Å²) < 4.78 is 6.29. The van der Waals surface area contributed by atoms with Crippen LogP contribution in [0.2, 0.25) is 0 Å². The van der Waals surface area contributed by atoms with Gasteiger partial charge < -0.3 is 9.13 Å². The number of amides is 1. The number of carbonyl (C=O) groups excluding carboxylic acids is 1. The van der Waals surface area contributed by atoms with Crippen LogP contribution >= 0.6 is 31.9 Å². The van der Waals surface area contributed by atoms with Gasteiger partial charge in [0.2, 0.25) is 0 Å². The summed E-state index contributed by atoms with van der Waals surface area (Å²) in [5.74, 6) is -0.253. The van der Waals surface area contributed by atoms with Crippen LogP contribution in [-0.2, 0) is 0 Å². The zero-order valence-electron chi connectivity index (χ0n) is 18.9. The number of aromatic nitrogens is 2. The molecule has 2 heterocycles. The molecule has 0 aliphatic rings. The maximum atomic E-state index is 12.6. The van der Waals surface area contributed by atoms with E-state index < -0.39 is 0 Å². The first-order chi connectivity index (χ1) is 15.8. The summed E-state index contributed by atoms with van der Waals surface area (Å²) in [6.45, 7) is 8.21. The summed E-state index contributed by atoms with van der Waals surface area (Å²) in [5, 5.41) is 4.22. The predicted molar refractivity (Wildman–Crippen MR) is 141 cm³/mol. The third-order valence-corrected chi connectivity index (χ3v) is 7.25. The molecule has 7 heteroatoms. The number of rotatable bonds is 5. The quantitative estimate of drug-likeness (QED) is 0.209. The summed E-state index contributed by atoms with van der Waals surface area (Å²) in [4.78, 5) is 12.6. The number of halogens is 2. The molecule has 0 aliphatic heterocycles. The van der Waals surface area contributed by atoms with E-state index in [1.54, 1.807) is 6.21 Å².